The van der Waals surface area contributed by atoms with E-state index in [0.717, 1.165) is 48.4 Å². The number of benzene rings is 1. The third-order valence-electron chi connectivity index (χ3n) is 4.96. The summed E-state index contributed by atoms with van der Waals surface area (Å²) in [5.74, 6) is 1.03. The molecule has 23 heavy (non-hydrogen) atoms. The molecule has 1 aromatic heterocycles. The highest BCUT2D eigenvalue weighted by molar-refractivity contribution is 5.31. The Labute approximate surface area is 136 Å². The predicted molar refractivity (Wildman–Crippen MR) is 92.0 cm³/mol. The maximum absolute atomic E-state index is 12.4. The molecule has 1 aliphatic carbocycles. The Bertz CT molecular complexity index is 796. The van der Waals surface area contributed by atoms with Gasteiger partial charge in [0.05, 0.1) is 0 Å². The van der Waals surface area contributed by atoms with Gasteiger partial charge in [-0.3, -0.25) is 9.78 Å². The van der Waals surface area contributed by atoms with Crippen LogP contribution >= 0.6 is 0 Å². The lowest BCUT2D eigenvalue weighted by Gasteiger charge is -2.27. The number of hydrogen-bond acceptors (Lipinski definition) is 2. The molecule has 1 saturated carbocycles. The zero-order valence-corrected chi connectivity index (χ0v) is 13.8. The Morgan fingerprint density at radius 3 is 2.52 bits per heavy atom. The van der Waals surface area contributed by atoms with Crippen LogP contribution in [0, 0.1) is 12.8 Å². The van der Waals surface area contributed by atoms with Crippen LogP contribution in [0.15, 0.2) is 33.9 Å². The molecule has 1 fully saturated rings. The summed E-state index contributed by atoms with van der Waals surface area (Å²) in [6, 6.07) is 8.18. The van der Waals surface area contributed by atoms with Gasteiger partial charge in [0, 0.05) is 17.7 Å². The summed E-state index contributed by atoms with van der Waals surface area (Å²) in [5, 5.41) is 0. The van der Waals surface area contributed by atoms with Gasteiger partial charge in [0.15, 0.2) is 0 Å². The topological polar surface area (TPSA) is 65.7 Å². The van der Waals surface area contributed by atoms with E-state index in [9.17, 15) is 9.59 Å². The van der Waals surface area contributed by atoms with Crippen LogP contribution in [0.25, 0.3) is 0 Å². The molecule has 4 heteroatoms. The van der Waals surface area contributed by atoms with Gasteiger partial charge in [-0.25, -0.2) is 4.79 Å². The molecule has 2 aromatic rings. The molecule has 4 nitrogen and oxygen atoms in total. The van der Waals surface area contributed by atoms with E-state index in [1.54, 1.807) is 0 Å². The van der Waals surface area contributed by atoms with Gasteiger partial charge < -0.3 is 4.98 Å². The zero-order chi connectivity index (χ0) is 16.4. The van der Waals surface area contributed by atoms with E-state index in [0.29, 0.717) is 12.3 Å². The Morgan fingerprint density at radius 2 is 1.83 bits per heavy atom. The van der Waals surface area contributed by atoms with Gasteiger partial charge >= 0.3 is 5.69 Å². The van der Waals surface area contributed by atoms with Crippen molar-refractivity contribution in [2.24, 2.45) is 5.92 Å². The number of aromatic nitrogens is 2. The van der Waals surface area contributed by atoms with Crippen LogP contribution in [0.1, 0.15) is 60.9 Å². The Kier molecular flexibility index (Phi) is 4.51. The highest BCUT2D eigenvalue weighted by atomic mass is 16.2. The zero-order valence-electron chi connectivity index (χ0n) is 13.8. The molecule has 0 radical (unpaired) electrons. The highest BCUT2D eigenvalue weighted by Crippen LogP contribution is 2.35. The Balaban J connectivity index is 1.98. The van der Waals surface area contributed by atoms with E-state index in [2.05, 4.69) is 23.0 Å². The monoisotopic (exact) mass is 312 g/mol. The second-order valence-electron chi connectivity index (χ2n) is 6.92. The molecule has 0 saturated heterocycles. The van der Waals surface area contributed by atoms with Gasteiger partial charge in [0.25, 0.3) is 5.56 Å². The predicted octanol–water partition coefficient (Wildman–Crippen LogP) is 3.26. The van der Waals surface area contributed by atoms with Gasteiger partial charge in [0.1, 0.15) is 0 Å². The first kappa shape index (κ1) is 15.8. The van der Waals surface area contributed by atoms with E-state index < -0.39 is 5.69 Å². The molecule has 122 valence electrons. The second kappa shape index (κ2) is 6.57. The number of hydrogen-bond donors (Lipinski definition) is 2. The van der Waals surface area contributed by atoms with E-state index in [1.807, 2.05) is 25.1 Å². The van der Waals surface area contributed by atoms with Crippen molar-refractivity contribution >= 4 is 0 Å². The fourth-order valence-electron chi connectivity index (χ4n) is 3.63. The normalized spacial score (nSPS) is 21.3. The smallest absolute Gasteiger partial charge is 0.311 e. The van der Waals surface area contributed by atoms with Crippen LogP contribution in [-0.4, -0.2) is 9.97 Å². The molecule has 0 aliphatic heterocycles. The quantitative estimate of drug-likeness (QED) is 0.913. The fraction of sp³-hybridized carbons (Fsp3) is 0.474. The maximum Gasteiger partial charge on any atom is 0.325 e. The van der Waals surface area contributed by atoms with Gasteiger partial charge in [-0.1, -0.05) is 49.6 Å². The van der Waals surface area contributed by atoms with Crippen LogP contribution in [0.2, 0.25) is 0 Å². The minimum atomic E-state index is -0.392. The summed E-state index contributed by atoms with van der Waals surface area (Å²) in [7, 11) is 0. The molecule has 1 aliphatic rings. The summed E-state index contributed by atoms with van der Waals surface area (Å²) < 4.78 is 0. The van der Waals surface area contributed by atoms with Crippen molar-refractivity contribution in [3.63, 3.8) is 0 Å². The van der Waals surface area contributed by atoms with Crippen molar-refractivity contribution in [1.82, 2.24) is 9.97 Å². The molecule has 1 aromatic carbocycles. The fourth-order valence-corrected chi connectivity index (χ4v) is 3.63. The van der Waals surface area contributed by atoms with Gasteiger partial charge in [-0.05, 0) is 37.2 Å². The Hall–Kier alpha value is -2.10. The van der Waals surface area contributed by atoms with Crippen LogP contribution in [0.5, 0.6) is 0 Å². The van der Waals surface area contributed by atoms with Crippen LogP contribution in [0.4, 0.5) is 0 Å². The SMILES string of the molecule is Cc1cccc(Cc2c(C3CCC(C)CC3)[nH]c(=O)[nH]c2=O)c1. The standard InChI is InChI=1S/C19H24N2O2/c1-12-6-8-15(9-7-12)17-16(18(22)21-19(23)20-17)11-14-5-3-4-13(2)10-14/h3-5,10,12,15H,6-9,11H2,1-2H3,(H2,20,21,22,23). The first-order chi connectivity index (χ1) is 11.0. The second-order valence-corrected chi connectivity index (χ2v) is 6.92. The Morgan fingerprint density at radius 1 is 1.09 bits per heavy atom. The molecule has 0 atom stereocenters. The van der Waals surface area contributed by atoms with Crippen LogP contribution < -0.4 is 11.2 Å². The number of rotatable bonds is 3. The molecule has 0 bridgehead atoms. The minimum absolute atomic E-state index is 0.246. The number of aryl methyl sites for hydroxylation is 1. The molecule has 1 heterocycles. The maximum atomic E-state index is 12.4. The van der Waals surface area contributed by atoms with Crippen molar-refractivity contribution in [2.45, 2.75) is 51.9 Å². The molecular weight excluding hydrogens is 288 g/mol. The summed E-state index contributed by atoms with van der Waals surface area (Å²) in [5.41, 5.74) is 3.21. The van der Waals surface area contributed by atoms with Crippen LogP contribution in [-0.2, 0) is 6.42 Å². The average molecular weight is 312 g/mol. The lowest BCUT2D eigenvalue weighted by atomic mass is 9.80. The molecular formula is C19H24N2O2. The van der Waals surface area contributed by atoms with Crippen molar-refractivity contribution in [1.29, 1.82) is 0 Å². The summed E-state index contributed by atoms with van der Waals surface area (Å²) >= 11 is 0. The third kappa shape index (κ3) is 3.63. The van der Waals surface area contributed by atoms with Gasteiger partial charge in [-0.2, -0.15) is 0 Å². The highest BCUT2D eigenvalue weighted by Gasteiger charge is 2.24. The summed E-state index contributed by atoms with van der Waals surface area (Å²) in [6.07, 6.45) is 4.96. The number of H-pyrrole nitrogens is 2. The first-order valence-corrected chi connectivity index (χ1v) is 8.44. The molecule has 0 amide bonds. The summed E-state index contributed by atoms with van der Waals surface area (Å²) in [4.78, 5) is 29.5. The van der Waals surface area contributed by atoms with E-state index in [1.165, 1.54) is 5.56 Å². The number of nitrogens with one attached hydrogen (secondary N) is 2. The van der Waals surface area contributed by atoms with E-state index in [4.69, 9.17) is 0 Å². The first-order valence-electron chi connectivity index (χ1n) is 8.44. The number of aromatic amines is 2. The summed E-state index contributed by atoms with van der Waals surface area (Å²) in [6.45, 7) is 4.31. The van der Waals surface area contributed by atoms with Crippen molar-refractivity contribution in [3.8, 4) is 0 Å². The van der Waals surface area contributed by atoms with Crippen molar-refractivity contribution < 1.29 is 0 Å². The molecule has 0 spiro atoms. The average Bonchev–Trinajstić information content (AvgIpc) is 2.51. The molecule has 2 N–H and O–H groups in total. The third-order valence-corrected chi connectivity index (χ3v) is 4.96. The minimum Gasteiger partial charge on any atom is -0.311 e. The molecule has 0 unspecified atom stereocenters. The lowest BCUT2D eigenvalue weighted by Crippen LogP contribution is -2.30. The van der Waals surface area contributed by atoms with E-state index in [-0.39, 0.29) is 5.56 Å². The van der Waals surface area contributed by atoms with Crippen molar-refractivity contribution in [3.05, 3.63) is 67.5 Å². The largest absolute Gasteiger partial charge is 0.325 e. The van der Waals surface area contributed by atoms with Gasteiger partial charge in [0.2, 0.25) is 0 Å². The van der Waals surface area contributed by atoms with Gasteiger partial charge in [-0.15, -0.1) is 0 Å². The van der Waals surface area contributed by atoms with Crippen LogP contribution in [0.3, 0.4) is 0 Å². The lowest BCUT2D eigenvalue weighted by molar-refractivity contribution is 0.342. The van der Waals surface area contributed by atoms with E-state index >= 15 is 0 Å². The molecule has 3 rings (SSSR count). The van der Waals surface area contributed by atoms with Crippen molar-refractivity contribution in [2.75, 3.05) is 0 Å².